The number of nitrogens with two attached hydrogens (primary N) is 1. The number of nitrogens with one attached hydrogen (secondary N) is 1. The molecule has 0 radical (unpaired) electrons. The summed E-state index contributed by atoms with van der Waals surface area (Å²) in [6.07, 6.45) is 0.753. The van der Waals surface area contributed by atoms with E-state index in [-0.39, 0.29) is 37.7 Å². The summed E-state index contributed by atoms with van der Waals surface area (Å²) in [4.78, 5) is 10.1. The first-order valence-corrected chi connectivity index (χ1v) is 9.38. The highest BCUT2D eigenvalue weighted by Gasteiger charge is 2.34. The van der Waals surface area contributed by atoms with E-state index >= 15 is 0 Å². The summed E-state index contributed by atoms with van der Waals surface area (Å²) in [6, 6.07) is 6.73. The minimum absolute atomic E-state index is 0.110. The summed E-state index contributed by atoms with van der Waals surface area (Å²) in [7, 11) is 1.60. The van der Waals surface area contributed by atoms with Crippen LogP contribution in [0.5, 0.6) is 5.75 Å². The van der Waals surface area contributed by atoms with E-state index in [1.807, 2.05) is 6.92 Å². The van der Waals surface area contributed by atoms with Crippen molar-refractivity contribution in [3.8, 4) is 5.75 Å². The minimum Gasteiger partial charge on any atom is -0.488 e. The molecule has 2 heterocycles. The molecule has 3 rings (SSSR count). The number of anilines is 2. The number of alkyl halides is 2. The van der Waals surface area contributed by atoms with Gasteiger partial charge in [0.1, 0.15) is 24.0 Å². The lowest BCUT2D eigenvalue weighted by Crippen LogP contribution is -2.39. The predicted molar refractivity (Wildman–Crippen MR) is 107 cm³/mol. The van der Waals surface area contributed by atoms with E-state index in [1.54, 1.807) is 36.3 Å². The predicted octanol–water partition coefficient (Wildman–Crippen LogP) is 3.12. The van der Waals surface area contributed by atoms with Crippen LogP contribution in [0, 0.1) is 5.41 Å². The molecule has 1 aliphatic rings. The van der Waals surface area contributed by atoms with E-state index < -0.39 is 5.92 Å². The maximum Gasteiger partial charge on any atom is 0.251 e. The second-order valence-corrected chi connectivity index (χ2v) is 7.11. The molecule has 0 bridgehead atoms. The molecule has 0 amide bonds. The Morgan fingerprint density at radius 2 is 2.00 bits per heavy atom. The fourth-order valence-corrected chi connectivity index (χ4v) is 3.18. The zero-order valence-corrected chi connectivity index (χ0v) is 16.5. The van der Waals surface area contributed by atoms with Gasteiger partial charge in [0.2, 0.25) is 0 Å². The van der Waals surface area contributed by atoms with Crippen molar-refractivity contribution in [3.05, 3.63) is 41.9 Å². The van der Waals surface area contributed by atoms with Gasteiger partial charge < -0.3 is 20.1 Å². The SMILES string of the molecule is COCC(C)Oc1ccc(N)c(C(=N)c2cc(N3CCC(F)(F)CC3)ncn2)c1. The second-order valence-electron chi connectivity index (χ2n) is 7.11. The van der Waals surface area contributed by atoms with Crippen molar-refractivity contribution in [2.24, 2.45) is 0 Å². The van der Waals surface area contributed by atoms with Crippen LogP contribution in [0.2, 0.25) is 0 Å². The number of aromatic nitrogens is 2. The maximum atomic E-state index is 13.4. The van der Waals surface area contributed by atoms with Gasteiger partial charge in [-0.15, -0.1) is 0 Å². The van der Waals surface area contributed by atoms with Crippen molar-refractivity contribution in [2.45, 2.75) is 31.8 Å². The smallest absolute Gasteiger partial charge is 0.251 e. The molecule has 1 aromatic carbocycles. The number of ether oxygens (including phenoxy) is 2. The number of nitrogen functional groups attached to an aromatic ring is 1. The quantitative estimate of drug-likeness (QED) is 0.543. The van der Waals surface area contributed by atoms with Crippen LogP contribution >= 0.6 is 0 Å². The van der Waals surface area contributed by atoms with E-state index in [1.165, 1.54) is 6.33 Å². The molecule has 1 atom stereocenters. The number of hydrogen-bond donors (Lipinski definition) is 2. The first-order valence-electron chi connectivity index (χ1n) is 9.38. The standard InChI is InChI=1S/C20H25F2N5O2/c1-13(11-28-2)29-14-3-4-16(23)15(9-14)19(24)17-10-18(26-12-25-17)27-7-5-20(21,22)6-8-27/h3-4,9-10,12-13,24H,5-8,11,23H2,1-2H3. The third-order valence-electron chi connectivity index (χ3n) is 4.76. The number of methoxy groups -OCH3 is 1. The Morgan fingerprint density at radius 1 is 1.28 bits per heavy atom. The number of hydrogen-bond acceptors (Lipinski definition) is 7. The normalized spacial score (nSPS) is 17.0. The average molecular weight is 405 g/mol. The molecule has 0 aliphatic carbocycles. The van der Waals surface area contributed by atoms with Crippen LogP contribution in [-0.2, 0) is 4.74 Å². The van der Waals surface area contributed by atoms with Gasteiger partial charge in [0, 0.05) is 50.4 Å². The van der Waals surface area contributed by atoms with Crippen LogP contribution in [0.4, 0.5) is 20.3 Å². The van der Waals surface area contributed by atoms with Crippen LogP contribution in [-0.4, -0.2) is 54.5 Å². The van der Waals surface area contributed by atoms with Crippen LogP contribution < -0.4 is 15.4 Å². The molecule has 0 saturated carbocycles. The van der Waals surface area contributed by atoms with Gasteiger partial charge in [0.25, 0.3) is 5.92 Å². The number of rotatable bonds is 7. The first-order chi connectivity index (χ1) is 13.8. The number of nitrogens with zero attached hydrogens (tertiary/aromatic N) is 3. The summed E-state index contributed by atoms with van der Waals surface area (Å²) in [6.45, 7) is 2.73. The molecule has 3 N–H and O–H groups in total. The zero-order chi connectivity index (χ0) is 21.0. The molecule has 2 aromatic rings. The number of halogens is 2. The highest BCUT2D eigenvalue weighted by atomic mass is 19.3. The maximum absolute atomic E-state index is 13.4. The van der Waals surface area contributed by atoms with Gasteiger partial charge in [-0.25, -0.2) is 18.7 Å². The van der Waals surface area contributed by atoms with E-state index in [0.29, 0.717) is 35.1 Å². The van der Waals surface area contributed by atoms with Crippen LogP contribution in [0.3, 0.4) is 0 Å². The van der Waals surface area contributed by atoms with Crippen LogP contribution in [0.1, 0.15) is 31.0 Å². The molecule has 29 heavy (non-hydrogen) atoms. The summed E-state index contributed by atoms with van der Waals surface area (Å²) >= 11 is 0. The van der Waals surface area contributed by atoms with Crippen LogP contribution in [0.25, 0.3) is 0 Å². The molecule has 156 valence electrons. The van der Waals surface area contributed by atoms with E-state index in [0.717, 1.165) is 0 Å². The fraction of sp³-hybridized carbons (Fsp3) is 0.450. The molecule has 1 aromatic heterocycles. The first kappa shape index (κ1) is 20.9. The van der Waals surface area contributed by atoms with Crippen molar-refractivity contribution in [1.82, 2.24) is 9.97 Å². The Labute approximate surface area is 168 Å². The molecule has 9 heteroatoms. The highest BCUT2D eigenvalue weighted by molar-refractivity contribution is 6.13. The van der Waals surface area contributed by atoms with Gasteiger partial charge in [0.05, 0.1) is 18.0 Å². The monoisotopic (exact) mass is 405 g/mol. The summed E-state index contributed by atoms with van der Waals surface area (Å²) in [5.41, 5.74) is 7.43. The molecule has 1 fully saturated rings. The van der Waals surface area contributed by atoms with Gasteiger partial charge in [-0.05, 0) is 25.1 Å². The molecule has 1 aliphatic heterocycles. The van der Waals surface area contributed by atoms with Gasteiger partial charge in [0.15, 0.2) is 0 Å². The van der Waals surface area contributed by atoms with Crippen molar-refractivity contribution >= 4 is 17.2 Å². The largest absolute Gasteiger partial charge is 0.488 e. The van der Waals surface area contributed by atoms with E-state index in [2.05, 4.69) is 9.97 Å². The van der Waals surface area contributed by atoms with Gasteiger partial charge in [-0.1, -0.05) is 0 Å². The molecule has 7 nitrogen and oxygen atoms in total. The van der Waals surface area contributed by atoms with E-state index in [9.17, 15) is 8.78 Å². The van der Waals surface area contributed by atoms with Crippen molar-refractivity contribution in [3.63, 3.8) is 0 Å². The average Bonchev–Trinajstić information content (AvgIpc) is 2.69. The molecule has 1 unspecified atom stereocenters. The third-order valence-corrected chi connectivity index (χ3v) is 4.76. The van der Waals surface area contributed by atoms with E-state index in [4.69, 9.17) is 20.6 Å². The van der Waals surface area contributed by atoms with Crippen LogP contribution in [0.15, 0.2) is 30.6 Å². The van der Waals surface area contributed by atoms with Crippen molar-refractivity contribution in [2.75, 3.05) is 37.4 Å². The second kappa shape index (κ2) is 8.69. The zero-order valence-electron chi connectivity index (χ0n) is 16.5. The molecular weight excluding hydrogens is 380 g/mol. The lowest BCUT2D eigenvalue weighted by Gasteiger charge is -2.32. The highest BCUT2D eigenvalue weighted by Crippen LogP contribution is 2.30. The Balaban J connectivity index is 1.80. The molecule has 1 saturated heterocycles. The van der Waals surface area contributed by atoms with Gasteiger partial charge in [-0.3, -0.25) is 5.41 Å². The molecular formula is C20H25F2N5O2. The summed E-state index contributed by atoms with van der Waals surface area (Å²) < 4.78 is 37.7. The molecule has 0 spiro atoms. The Hall–Kier alpha value is -2.81. The third kappa shape index (κ3) is 5.17. The topological polar surface area (TPSA) is 97.4 Å². The van der Waals surface area contributed by atoms with Gasteiger partial charge in [-0.2, -0.15) is 0 Å². The Bertz CT molecular complexity index is 868. The summed E-state index contributed by atoms with van der Waals surface area (Å²) in [5.74, 6) is -1.54. The lowest BCUT2D eigenvalue weighted by atomic mass is 10.0. The summed E-state index contributed by atoms with van der Waals surface area (Å²) in [5, 5.41) is 8.56. The lowest BCUT2D eigenvalue weighted by molar-refractivity contribution is -0.0221. The Kier molecular flexibility index (Phi) is 6.26. The fourth-order valence-electron chi connectivity index (χ4n) is 3.18. The number of piperidine rings is 1. The van der Waals surface area contributed by atoms with Crippen molar-refractivity contribution in [1.29, 1.82) is 5.41 Å². The van der Waals surface area contributed by atoms with Crippen molar-refractivity contribution < 1.29 is 18.3 Å². The number of benzene rings is 1. The minimum atomic E-state index is -2.63. The Morgan fingerprint density at radius 3 is 2.69 bits per heavy atom. The van der Waals surface area contributed by atoms with Gasteiger partial charge >= 0.3 is 0 Å².